The lowest BCUT2D eigenvalue weighted by Crippen LogP contribution is -2.21. The number of carbonyl (C=O) groups is 2. The number of ether oxygens (including phenoxy) is 1. The average molecular weight is 370 g/mol. The molecular formula is C19H16ClN3O3. The van der Waals surface area contributed by atoms with Gasteiger partial charge in [-0.15, -0.1) is 0 Å². The largest absolute Gasteiger partial charge is 0.452 e. The minimum absolute atomic E-state index is 0.354. The highest BCUT2D eigenvalue weighted by Gasteiger charge is 2.12. The minimum Gasteiger partial charge on any atom is -0.452 e. The molecule has 2 aromatic carbocycles. The highest BCUT2D eigenvalue weighted by Crippen LogP contribution is 2.20. The molecule has 3 rings (SSSR count). The lowest BCUT2D eigenvalue weighted by molar-refractivity contribution is -0.119. The molecule has 1 aromatic heterocycles. The first kappa shape index (κ1) is 17.7. The molecule has 0 radical (unpaired) electrons. The van der Waals surface area contributed by atoms with Crippen molar-refractivity contribution in [2.24, 2.45) is 0 Å². The fraction of sp³-hybridized carbons (Fsp3) is 0.105. The summed E-state index contributed by atoms with van der Waals surface area (Å²) >= 11 is 5.91. The van der Waals surface area contributed by atoms with Crippen LogP contribution in [-0.2, 0) is 9.53 Å². The molecule has 0 unspecified atom stereocenters. The maximum Gasteiger partial charge on any atom is 0.338 e. The van der Waals surface area contributed by atoms with Crippen LogP contribution in [0, 0.1) is 6.92 Å². The second-order valence-electron chi connectivity index (χ2n) is 5.60. The van der Waals surface area contributed by atoms with Gasteiger partial charge in [-0.2, -0.15) is 0 Å². The summed E-state index contributed by atoms with van der Waals surface area (Å²) in [6.07, 6.45) is 3.37. The van der Waals surface area contributed by atoms with Gasteiger partial charge in [0.25, 0.3) is 5.91 Å². The van der Waals surface area contributed by atoms with Crippen LogP contribution in [0.25, 0.3) is 11.4 Å². The number of hydrogen-bond acceptors (Lipinski definition) is 4. The van der Waals surface area contributed by atoms with Gasteiger partial charge in [0.1, 0.15) is 5.82 Å². The van der Waals surface area contributed by atoms with Crippen LogP contribution >= 0.6 is 11.6 Å². The Hall–Kier alpha value is -3.12. The third-order valence-corrected chi connectivity index (χ3v) is 3.94. The topological polar surface area (TPSA) is 84.1 Å². The van der Waals surface area contributed by atoms with E-state index >= 15 is 0 Å². The monoisotopic (exact) mass is 369 g/mol. The third-order valence-electron chi connectivity index (χ3n) is 3.70. The molecule has 0 aliphatic carbocycles. The number of hydrogen-bond donors (Lipinski definition) is 2. The number of amides is 1. The molecule has 0 atom stereocenters. The first-order valence-corrected chi connectivity index (χ1v) is 8.23. The lowest BCUT2D eigenvalue weighted by atomic mass is 10.1. The highest BCUT2D eigenvalue weighted by molar-refractivity contribution is 6.31. The number of halogens is 1. The number of aromatic amines is 1. The van der Waals surface area contributed by atoms with Crippen LogP contribution in [0.4, 0.5) is 5.69 Å². The Bertz CT molecular complexity index is 922. The Morgan fingerprint density at radius 2 is 1.96 bits per heavy atom. The fourth-order valence-electron chi connectivity index (χ4n) is 2.32. The van der Waals surface area contributed by atoms with E-state index in [4.69, 9.17) is 16.3 Å². The summed E-state index contributed by atoms with van der Waals surface area (Å²) in [6.45, 7) is 1.46. The van der Waals surface area contributed by atoms with E-state index in [9.17, 15) is 9.59 Å². The van der Waals surface area contributed by atoms with E-state index in [2.05, 4.69) is 15.3 Å². The summed E-state index contributed by atoms with van der Waals surface area (Å²) in [4.78, 5) is 31.2. The summed E-state index contributed by atoms with van der Waals surface area (Å²) in [5.41, 5.74) is 2.65. The van der Waals surface area contributed by atoms with Crippen molar-refractivity contribution in [3.63, 3.8) is 0 Å². The van der Waals surface area contributed by atoms with Gasteiger partial charge in [-0.25, -0.2) is 9.78 Å². The quantitative estimate of drug-likeness (QED) is 0.669. The van der Waals surface area contributed by atoms with Crippen LogP contribution in [0.3, 0.4) is 0 Å². The van der Waals surface area contributed by atoms with Crippen LogP contribution in [0.5, 0.6) is 0 Å². The van der Waals surface area contributed by atoms with E-state index in [1.54, 1.807) is 54.9 Å². The van der Waals surface area contributed by atoms with E-state index in [1.807, 2.05) is 6.92 Å². The minimum atomic E-state index is -0.575. The van der Waals surface area contributed by atoms with Crippen molar-refractivity contribution >= 4 is 29.2 Å². The van der Waals surface area contributed by atoms with Crippen molar-refractivity contribution in [2.75, 3.05) is 11.9 Å². The molecule has 7 heteroatoms. The second kappa shape index (κ2) is 7.84. The number of esters is 1. The number of H-pyrrole nitrogens is 1. The Kier molecular flexibility index (Phi) is 5.34. The molecule has 0 fully saturated rings. The van der Waals surface area contributed by atoms with Gasteiger partial charge in [-0.1, -0.05) is 29.8 Å². The molecule has 3 aromatic rings. The van der Waals surface area contributed by atoms with E-state index in [-0.39, 0.29) is 6.61 Å². The van der Waals surface area contributed by atoms with E-state index < -0.39 is 11.9 Å². The SMILES string of the molecule is Cc1ccc(Cl)cc1NC(=O)COC(=O)c1ccc(-c2ncc[nH]2)cc1. The zero-order chi connectivity index (χ0) is 18.5. The zero-order valence-electron chi connectivity index (χ0n) is 14.0. The van der Waals surface area contributed by atoms with Gasteiger partial charge < -0.3 is 15.0 Å². The Morgan fingerprint density at radius 3 is 2.65 bits per heavy atom. The van der Waals surface area contributed by atoms with Gasteiger partial charge in [0.2, 0.25) is 0 Å². The number of rotatable bonds is 5. The Balaban J connectivity index is 1.56. The van der Waals surface area contributed by atoms with E-state index in [0.29, 0.717) is 22.1 Å². The van der Waals surface area contributed by atoms with Crippen molar-refractivity contribution in [3.8, 4) is 11.4 Å². The molecule has 6 nitrogen and oxygen atoms in total. The first-order chi connectivity index (χ1) is 12.5. The van der Waals surface area contributed by atoms with Crippen LogP contribution in [0.1, 0.15) is 15.9 Å². The number of nitrogens with zero attached hydrogens (tertiary/aromatic N) is 1. The van der Waals surface area contributed by atoms with Crippen molar-refractivity contribution in [1.29, 1.82) is 0 Å². The van der Waals surface area contributed by atoms with Gasteiger partial charge in [0.05, 0.1) is 5.56 Å². The van der Waals surface area contributed by atoms with Gasteiger partial charge in [0, 0.05) is 28.7 Å². The first-order valence-electron chi connectivity index (χ1n) is 7.86. The highest BCUT2D eigenvalue weighted by atomic mass is 35.5. The predicted octanol–water partition coefficient (Wildman–Crippen LogP) is 3.83. The average Bonchev–Trinajstić information content (AvgIpc) is 3.17. The maximum absolute atomic E-state index is 12.1. The summed E-state index contributed by atoms with van der Waals surface area (Å²) in [7, 11) is 0. The number of anilines is 1. The molecule has 0 saturated carbocycles. The molecule has 26 heavy (non-hydrogen) atoms. The van der Waals surface area contributed by atoms with Gasteiger partial charge in [-0.3, -0.25) is 4.79 Å². The van der Waals surface area contributed by atoms with Gasteiger partial charge in [0.15, 0.2) is 6.61 Å². The van der Waals surface area contributed by atoms with Crippen LogP contribution in [0.15, 0.2) is 54.9 Å². The lowest BCUT2D eigenvalue weighted by Gasteiger charge is -2.09. The molecule has 132 valence electrons. The summed E-state index contributed by atoms with van der Waals surface area (Å²) in [5, 5.41) is 3.19. The molecule has 0 aliphatic heterocycles. The summed E-state index contributed by atoms with van der Waals surface area (Å²) in [5.74, 6) is -0.300. The van der Waals surface area contributed by atoms with Gasteiger partial charge in [-0.05, 0) is 36.8 Å². The van der Waals surface area contributed by atoms with Crippen LogP contribution in [0.2, 0.25) is 5.02 Å². The normalized spacial score (nSPS) is 10.4. The maximum atomic E-state index is 12.1. The Morgan fingerprint density at radius 1 is 1.19 bits per heavy atom. The van der Waals surface area contributed by atoms with Gasteiger partial charge >= 0.3 is 5.97 Å². The van der Waals surface area contributed by atoms with Crippen LogP contribution in [-0.4, -0.2) is 28.5 Å². The molecular weight excluding hydrogens is 354 g/mol. The smallest absolute Gasteiger partial charge is 0.338 e. The molecule has 1 amide bonds. The van der Waals surface area contributed by atoms with E-state index in [1.165, 1.54) is 0 Å². The number of aromatic nitrogens is 2. The molecule has 0 aliphatic rings. The number of carbonyl (C=O) groups excluding carboxylic acids is 2. The van der Waals surface area contributed by atoms with Crippen molar-refractivity contribution in [2.45, 2.75) is 6.92 Å². The van der Waals surface area contributed by atoms with Crippen molar-refractivity contribution in [3.05, 3.63) is 71.0 Å². The predicted molar refractivity (Wildman–Crippen MR) is 99.1 cm³/mol. The van der Waals surface area contributed by atoms with Crippen molar-refractivity contribution < 1.29 is 14.3 Å². The molecule has 0 saturated heterocycles. The summed E-state index contributed by atoms with van der Waals surface area (Å²) in [6, 6.07) is 11.9. The number of imidazole rings is 1. The fourth-order valence-corrected chi connectivity index (χ4v) is 2.49. The molecule has 0 spiro atoms. The van der Waals surface area contributed by atoms with Crippen molar-refractivity contribution in [1.82, 2.24) is 9.97 Å². The number of benzene rings is 2. The zero-order valence-corrected chi connectivity index (χ0v) is 14.7. The second-order valence-corrected chi connectivity index (χ2v) is 6.04. The number of nitrogens with one attached hydrogen (secondary N) is 2. The standard InChI is InChI=1S/C19H16ClN3O3/c1-12-2-7-15(20)10-16(12)23-17(24)11-26-19(25)14-5-3-13(4-6-14)18-21-8-9-22-18/h2-10H,11H2,1H3,(H,21,22)(H,23,24). The van der Waals surface area contributed by atoms with Crippen LogP contribution < -0.4 is 5.32 Å². The molecule has 2 N–H and O–H groups in total. The molecule has 0 bridgehead atoms. The molecule has 1 heterocycles. The third kappa shape index (κ3) is 4.29. The summed E-state index contributed by atoms with van der Waals surface area (Å²) < 4.78 is 5.06. The Labute approximate surface area is 155 Å². The van der Waals surface area contributed by atoms with E-state index in [0.717, 1.165) is 11.1 Å². The number of aryl methyl sites for hydroxylation is 1.